The molecule has 198 valence electrons. The van der Waals surface area contributed by atoms with Gasteiger partial charge in [0.25, 0.3) is 5.91 Å². The molecule has 0 spiro atoms. The summed E-state index contributed by atoms with van der Waals surface area (Å²) in [5, 5.41) is 43.6. The third-order valence-corrected chi connectivity index (χ3v) is 7.31. The van der Waals surface area contributed by atoms with E-state index in [0.29, 0.717) is 11.1 Å². The Hall–Kier alpha value is -3.66. The molecule has 6 N–H and O–H groups in total. The van der Waals surface area contributed by atoms with E-state index in [1.165, 1.54) is 6.07 Å². The number of phenols is 1. The smallest absolute Gasteiger partial charge is 0.306 e. The third-order valence-electron chi connectivity index (χ3n) is 7.31. The zero-order valence-electron chi connectivity index (χ0n) is 21.0. The highest BCUT2D eigenvalue weighted by Crippen LogP contribution is 2.52. The number of ketones is 2. The van der Waals surface area contributed by atoms with Crippen LogP contribution in [0.1, 0.15) is 56.7 Å². The van der Waals surface area contributed by atoms with E-state index in [-0.39, 0.29) is 67.0 Å². The van der Waals surface area contributed by atoms with E-state index in [2.05, 4.69) is 0 Å². The molecule has 0 heterocycles. The number of primary amides is 1. The van der Waals surface area contributed by atoms with Gasteiger partial charge in [-0.2, -0.15) is 0 Å². The number of benzene rings is 1. The van der Waals surface area contributed by atoms with Gasteiger partial charge in [-0.25, -0.2) is 0 Å². The molecule has 1 saturated carbocycles. The number of nitrogens with two attached hydrogens (primary N) is 1. The summed E-state index contributed by atoms with van der Waals surface area (Å²) in [5.74, 6) is -7.09. The van der Waals surface area contributed by atoms with Crippen LogP contribution in [-0.2, 0) is 36.8 Å². The Kier molecular flexibility index (Phi) is 6.44. The predicted octanol–water partition coefficient (Wildman–Crippen LogP) is 1.95. The highest BCUT2D eigenvalue weighted by Gasteiger charge is 2.60. The number of rotatable bonds is 5. The van der Waals surface area contributed by atoms with Crippen molar-refractivity contribution in [2.24, 2.45) is 23.0 Å². The standard InChI is InChI=1S/C27H31NO9/c1-26(2,3)11-37-18(31)7-5-12-4-6-16(29)20-15(12)9-13-8-14-10-17(30)21(25(28)35)24(34)27(14,36)23(33)19(13)22(20)32/h4,6,13-14,29,32,34,36H,5,7-11H2,1-3H3,(H2,28,35). The van der Waals surface area contributed by atoms with Gasteiger partial charge < -0.3 is 30.9 Å². The molecule has 0 saturated heterocycles. The second kappa shape index (κ2) is 9.02. The van der Waals surface area contributed by atoms with Crippen molar-refractivity contribution in [2.75, 3.05) is 6.61 Å². The minimum atomic E-state index is -2.60. The maximum Gasteiger partial charge on any atom is 0.306 e. The van der Waals surface area contributed by atoms with E-state index >= 15 is 0 Å². The fourth-order valence-electron chi connectivity index (χ4n) is 5.53. The highest BCUT2D eigenvalue weighted by atomic mass is 16.5. The van der Waals surface area contributed by atoms with Gasteiger partial charge >= 0.3 is 5.97 Å². The molecule has 4 rings (SSSR count). The number of aliphatic hydroxyl groups excluding tert-OH is 2. The number of hydrogen-bond acceptors (Lipinski definition) is 9. The number of aryl methyl sites for hydroxylation is 1. The number of fused-ring (bicyclic) bond motifs is 3. The average molecular weight is 514 g/mol. The lowest BCUT2D eigenvalue weighted by Crippen LogP contribution is -2.58. The van der Waals surface area contributed by atoms with Crippen LogP contribution in [0.4, 0.5) is 0 Å². The molecule has 0 bridgehead atoms. The first-order chi connectivity index (χ1) is 17.2. The van der Waals surface area contributed by atoms with Crippen LogP contribution in [-0.4, -0.2) is 56.1 Å². The Morgan fingerprint density at radius 1 is 1.14 bits per heavy atom. The number of Topliss-reactive ketones (excluding diaryl/α,β-unsaturated/α-hetero) is 2. The molecular formula is C27H31NO9. The first kappa shape index (κ1) is 26.4. The second-order valence-corrected chi connectivity index (χ2v) is 11.2. The van der Waals surface area contributed by atoms with Gasteiger partial charge in [0, 0.05) is 24.3 Å². The first-order valence-corrected chi connectivity index (χ1v) is 12.1. The molecule has 37 heavy (non-hydrogen) atoms. The van der Waals surface area contributed by atoms with E-state index < -0.39 is 52.0 Å². The van der Waals surface area contributed by atoms with Gasteiger partial charge in [0.05, 0.1) is 12.2 Å². The molecule has 3 aliphatic rings. The molecule has 0 aliphatic heterocycles. The van der Waals surface area contributed by atoms with E-state index in [1.54, 1.807) is 6.07 Å². The zero-order valence-corrected chi connectivity index (χ0v) is 21.0. The molecule has 1 aromatic carbocycles. The highest BCUT2D eigenvalue weighted by molar-refractivity contribution is 6.22. The Balaban J connectivity index is 1.71. The summed E-state index contributed by atoms with van der Waals surface area (Å²) in [6, 6.07) is 2.99. The molecule has 1 aromatic rings. The van der Waals surface area contributed by atoms with Gasteiger partial charge in [-0.3, -0.25) is 19.2 Å². The number of esters is 1. The predicted molar refractivity (Wildman–Crippen MR) is 130 cm³/mol. The van der Waals surface area contributed by atoms with Gasteiger partial charge in [0.15, 0.2) is 11.4 Å². The van der Waals surface area contributed by atoms with Gasteiger partial charge in [-0.15, -0.1) is 0 Å². The second-order valence-electron chi connectivity index (χ2n) is 11.2. The number of amides is 1. The van der Waals surface area contributed by atoms with Crippen LogP contribution in [0.2, 0.25) is 0 Å². The summed E-state index contributed by atoms with van der Waals surface area (Å²) in [5.41, 5.74) is 2.62. The Morgan fingerprint density at radius 3 is 2.43 bits per heavy atom. The largest absolute Gasteiger partial charge is 0.508 e. The Bertz CT molecular complexity index is 1280. The zero-order chi connectivity index (χ0) is 27.4. The monoisotopic (exact) mass is 513 g/mol. The molecule has 3 atom stereocenters. The fourth-order valence-corrected chi connectivity index (χ4v) is 5.53. The molecular weight excluding hydrogens is 482 g/mol. The molecule has 3 aliphatic carbocycles. The molecule has 0 radical (unpaired) electrons. The van der Waals surface area contributed by atoms with Gasteiger partial charge in [0.1, 0.15) is 22.8 Å². The number of aromatic hydroxyl groups is 1. The minimum absolute atomic E-state index is 0.00712. The molecule has 1 fully saturated rings. The molecule has 1 amide bonds. The fraction of sp³-hybridized carbons (Fsp3) is 0.481. The maximum absolute atomic E-state index is 13.5. The van der Waals surface area contributed by atoms with Gasteiger partial charge in [-0.1, -0.05) is 26.8 Å². The lowest BCUT2D eigenvalue weighted by molar-refractivity contribution is -0.148. The molecule has 0 aromatic heterocycles. The van der Waals surface area contributed by atoms with Crippen molar-refractivity contribution in [1.82, 2.24) is 0 Å². The van der Waals surface area contributed by atoms with Crippen molar-refractivity contribution in [2.45, 2.75) is 58.5 Å². The van der Waals surface area contributed by atoms with Crippen LogP contribution in [0.25, 0.3) is 5.76 Å². The van der Waals surface area contributed by atoms with Crippen molar-refractivity contribution in [3.8, 4) is 5.75 Å². The summed E-state index contributed by atoms with van der Waals surface area (Å²) in [6.45, 7) is 6.10. The van der Waals surface area contributed by atoms with E-state index in [1.807, 2.05) is 20.8 Å². The summed E-state index contributed by atoms with van der Waals surface area (Å²) >= 11 is 0. The van der Waals surface area contributed by atoms with Crippen LogP contribution < -0.4 is 5.73 Å². The molecule has 10 nitrogen and oxygen atoms in total. The quantitative estimate of drug-likeness (QED) is 0.290. The van der Waals surface area contributed by atoms with Crippen molar-refractivity contribution in [1.29, 1.82) is 0 Å². The van der Waals surface area contributed by atoms with E-state index in [0.717, 1.165) is 0 Å². The van der Waals surface area contributed by atoms with Crippen molar-refractivity contribution >= 4 is 29.2 Å². The van der Waals surface area contributed by atoms with Crippen LogP contribution >= 0.6 is 0 Å². The number of carbonyl (C=O) groups is 4. The van der Waals surface area contributed by atoms with E-state index in [4.69, 9.17) is 10.5 Å². The minimum Gasteiger partial charge on any atom is -0.508 e. The van der Waals surface area contributed by atoms with Crippen LogP contribution in [0.5, 0.6) is 5.75 Å². The normalized spacial score (nSPS) is 25.4. The van der Waals surface area contributed by atoms with Crippen molar-refractivity contribution in [3.05, 3.63) is 45.7 Å². The Labute approximate surface area is 213 Å². The third kappa shape index (κ3) is 4.39. The summed E-state index contributed by atoms with van der Waals surface area (Å²) in [4.78, 5) is 50.0. The van der Waals surface area contributed by atoms with Crippen molar-refractivity contribution in [3.63, 3.8) is 0 Å². The van der Waals surface area contributed by atoms with Crippen molar-refractivity contribution < 1.29 is 44.3 Å². The lowest BCUT2D eigenvalue weighted by atomic mass is 9.59. The molecule has 3 unspecified atom stereocenters. The SMILES string of the molecule is CC(C)(C)COC(=O)CCc1ccc(O)c2c1CC1CC3CC(=O)C(C(N)=O)=C(O)C3(O)C(=O)C1=C2O. The van der Waals surface area contributed by atoms with Gasteiger partial charge in [-0.05, 0) is 47.8 Å². The average Bonchev–Trinajstić information content (AvgIpc) is 2.78. The number of aliphatic hydroxyl groups is 3. The molecule has 10 heteroatoms. The topological polar surface area (TPSA) is 184 Å². The van der Waals surface area contributed by atoms with Crippen LogP contribution in [0.3, 0.4) is 0 Å². The summed E-state index contributed by atoms with van der Waals surface area (Å²) in [6.07, 6.45) is 0.196. The van der Waals surface area contributed by atoms with E-state index in [9.17, 15) is 39.6 Å². The summed E-state index contributed by atoms with van der Waals surface area (Å²) < 4.78 is 5.32. The summed E-state index contributed by atoms with van der Waals surface area (Å²) in [7, 11) is 0. The number of phenolic OH excluding ortho intramolecular Hbond substituents is 1. The number of ether oxygens (including phenoxy) is 1. The van der Waals surface area contributed by atoms with Crippen LogP contribution in [0.15, 0.2) is 29.0 Å². The lowest BCUT2D eigenvalue weighted by Gasteiger charge is -2.46. The number of hydrogen-bond donors (Lipinski definition) is 5. The van der Waals surface area contributed by atoms with Gasteiger partial charge in [0.2, 0.25) is 5.78 Å². The van der Waals surface area contributed by atoms with Crippen LogP contribution in [0, 0.1) is 17.3 Å². The Morgan fingerprint density at radius 2 is 1.81 bits per heavy atom. The maximum atomic E-state index is 13.5. The number of carbonyl (C=O) groups excluding carboxylic acids is 4. The first-order valence-electron chi connectivity index (χ1n) is 12.1.